The van der Waals surface area contributed by atoms with Crippen LogP contribution >= 0.6 is 0 Å². The first kappa shape index (κ1) is 14.1. The lowest BCUT2D eigenvalue weighted by atomic mass is 9.99. The quantitative estimate of drug-likeness (QED) is 0.941. The van der Waals surface area contributed by atoms with E-state index in [4.69, 9.17) is 5.73 Å². The first-order valence-electron chi connectivity index (χ1n) is 7.60. The van der Waals surface area contributed by atoms with Crippen molar-refractivity contribution in [3.63, 3.8) is 0 Å². The number of aromatic nitrogens is 1. The van der Waals surface area contributed by atoms with E-state index in [1.807, 2.05) is 10.6 Å². The summed E-state index contributed by atoms with van der Waals surface area (Å²) in [5, 5.41) is 0. The Morgan fingerprint density at radius 3 is 2.76 bits per heavy atom. The second-order valence-corrected chi connectivity index (χ2v) is 6.07. The predicted molar refractivity (Wildman–Crippen MR) is 85.6 cm³/mol. The highest BCUT2D eigenvalue weighted by Gasteiger charge is 2.18. The summed E-state index contributed by atoms with van der Waals surface area (Å²) in [5.41, 5.74) is 12.5. The number of aryl methyl sites for hydroxylation is 3. The van der Waals surface area contributed by atoms with E-state index in [1.54, 1.807) is 6.07 Å². The van der Waals surface area contributed by atoms with Gasteiger partial charge < -0.3 is 10.3 Å². The zero-order chi connectivity index (χ0) is 15.0. The Morgan fingerprint density at radius 2 is 2.00 bits per heavy atom. The highest BCUT2D eigenvalue weighted by atomic mass is 16.1. The van der Waals surface area contributed by atoms with E-state index in [0.29, 0.717) is 6.54 Å². The fourth-order valence-corrected chi connectivity index (χ4v) is 3.37. The van der Waals surface area contributed by atoms with Gasteiger partial charge in [0.1, 0.15) is 0 Å². The lowest BCUT2D eigenvalue weighted by Gasteiger charge is -2.19. The lowest BCUT2D eigenvalue weighted by molar-refractivity contribution is 0.542. The molecule has 3 nitrogen and oxygen atoms in total. The van der Waals surface area contributed by atoms with Gasteiger partial charge in [-0.1, -0.05) is 29.8 Å². The molecular formula is C18H22N2O. The van der Waals surface area contributed by atoms with Crippen molar-refractivity contribution in [3.8, 4) is 0 Å². The van der Waals surface area contributed by atoms with Gasteiger partial charge in [0.2, 0.25) is 0 Å². The summed E-state index contributed by atoms with van der Waals surface area (Å²) in [6, 6.07) is 9.83. The SMILES string of the molecule is Cc1ccc(C(N)Cn2c3c(ccc2=O)CCC3)c(C)c1. The van der Waals surface area contributed by atoms with Gasteiger partial charge in [0.05, 0.1) is 0 Å². The number of fused-ring (bicyclic) bond motifs is 1. The third-order valence-corrected chi connectivity index (χ3v) is 4.45. The molecule has 0 aliphatic heterocycles. The van der Waals surface area contributed by atoms with Gasteiger partial charge in [0, 0.05) is 24.3 Å². The number of pyridine rings is 1. The van der Waals surface area contributed by atoms with Crippen molar-refractivity contribution in [1.29, 1.82) is 0 Å². The Bertz CT molecular complexity index is 730. The molecule has 3 rings (SSSR count). The maximum atomic E-state index is 12.2. The minimum Gasteiger partial charge on any atom is -0.322 e. The van der Waals surface area contributed by atoms with Crippen LogP contribution in [-0.2, 0) is 19.4 Å². The zero-order valence-corrected chi connectivity index (χ0v) is 12.7. The summed E-state index contributed by atoms with van der Waals surface area (Å²) in [5.74, 6) is 0. The zero-order valence-electron chi connectivity index (χ0n) is 12.7. The molecule has 0 saturated heterocycles. The molecule has 2 N–H and O–H groups in total. The summed E-state index contributed by atoms with van der Waals surface area (Å²) in [4.78, 5) is 12.2. The van der Waals surface area contributed by atoms with Crippen LogP contribution in [0.2, 0.25) is 0 Å². The predicted octanol–water partition coefficient (Wildman–Crippen LogP) is 2.65. The van der Waals surface area contributed by atoms with Gasteiger partial charge in [-0.2, -0.15) is 0 Å². The number of hydrogen-bond acceptors (Lipinski definition) is 2. The van der Waals surface area contributed by atoms with Gasteiger partial charge in [-0.05, 0) is 49.8 Å². The summed E-state index contributed by atoms with van der Waals surface area (Å²) < 4.78 is 1.88. The molecule has 1 aliphatic carbocycles. The molecule has 1 heterocycles. The van der Waals surface area contributed by atoms with E-state index < -0.39 is 0 Å². The number of nitrogens with two attached hydrogens (primary N) is 1. The van der Waals surface area contributed by atoms with Crippen LogP contribution in [-0.4, -0.2) is 4.57 Å². The Labute approximate surface area is 125 Å². The lowest BCUT2D eigenvalue weighted by Crippen LogP contribution is -2.29. The van der Waals surface area contributed by atoms with Crippen molar-refractivity contribution in [1.82, 2.24) is 4.57 Å². The van der Waals surface area contributed by atoms with Gasteiger partial charge in [0.25, 0.3) is 5.56 Å². The van der Waals surface area contributed by atoms with E-state index in [-0.39, 0.29) is 11.6 Å². The molecule has 21 heavy (non-hydrogen) atoms. The Morgan fingerprint density at radius 1 is 1.19 bits per heavy atom. The maximum Gasteiger partial charge on any atom is 0.250 e. The maximum absolute atomic E-state index is 12.2. The number of rotatable bonds is 3. The summed E-state index contributed by atoms with van der Waals surface area (Å²) in [7, 11) is 0. The second-order valence-electron chi connectivity index (χ2n) is 6.07. The Hall–Kier alpha value is -1.87. The van der Waals surface area contributed by atoms with E-state index >= 15 is 0 Å². The van der Waals surface area contributed by atoms with E-state index in [9.17, 15) is 4.79 Å². The largest absolute Gasteiger partial charge is 0.322 e. The van der Waals surface area contributed by atoms with Gasteiger partial charge in [-0.15, -0.1) is 0 Å². The molecule has 0 amide bonds. The average molecular weight is 282 g/mol. The van der Waals surface area contributed by atoms with Crippen LogP contribution in [0, 0.1) is 13.8 Å². The fraction of sp³-hybridized carbons (Fsp3) is 0.389. The Kier molecular flexibility index (Phi) is 3.68. The van der Waals surface area contributed by atoms with Crippen molar-refractivity contribution < 1.29 is 0 Å². The third-order valence-electron chi connectivity index (χ3n) is 4.45. The third kappa shape index (κ3) is 2.66. The van der Waals surface area contributed by atoms with Crippen molar-refractivity contribution in [2.75, 3.05) is 0 Å². The van der Waals surface area contributed by atoms with Crippen LogP contribution in [0.5, 0.6) is 0 Å². The van der Waals surface area contributed by atoms with E-state index in [1.165, 1.54) is 22.4 Å². The highest BCUT2D eigenvalue weighted by Crippen LogP contribution is 2.23. The molecule has 0 spiro atoms. The van der Waals surface area contributed by atoms with Crippen LogP contribution in [0.4, 0.5) is 0 Å². The van der Waals surface area contributed by atoms with Gasteiger partial charge in [0.15, 0.2) is 0 Å². The monoisotopic (exact) mass is 282 g/mol. The molecular weight excluding hydrogens is 260 g/mol. The molecule has 0 saturated carbocycles. The molecule has 0 fully saturated rings. The van der Waals surface area contributed by atoms with Crippen molar-refractivity contribution in [2.45, 2.75) is 45.7 Å². The first-order chi connectivity index (χ1) is 10.1. The molecule has 1 atom stereocenters. The summed E-state index contributed by atoms with van der Waals surface area (Å²) in [6.07, 6.45) is 3.21. The molecule has 3 heteroatoms. The van der Waals surface area contributed by atoms with Crippen LogP contribution in [0.25, 0.3) is 0 Å². The molecule has 1 aliphatic rings. The van der Waals surface area contributed by atoms with Crippen molar-refractivity contribution >= 4 is 0 Å². The molecule has 0 bridgehead atoms. The fourth-order valence-electron chi connectivity index (χ4n) is 3.37. The van der Waals surface area contributed by atoms with Crippen LogP contribution in [0.3, 0.4) is 0 Å². The van der Waals surface area contributed by atoms with Crippen molar-refractivity contribution in [2.24, 2.45) is 5.73 Å². The van der Waals surface area contributed by atoms with Crippen LogP contribution in [0.1, 0.15) is 40.4 Å². The molecule has 2 aromatic rings. The Balaban J connectivity index is 1.94. The van der Waals surface area contributed by atoms with Gasteiger partial charge >= 0.3 is 0 Å². The minimum atomic E-state index is -0.143. The smallest absolute Gasteiger partial charge is 0.250 e. The molecule has 0 radical (unpaired) electrons. The number of benzene rings is 1. The molecule has 1 aromatic heterocycles. The van der Waals surface area contributed by atoms with E-state index in [0.717, 1.165) is 24.8 Å². The standard InChI is InChI=1S/C18H22N2O/c1-12-6-8-15(13(2)10-12)16(19)11-20-17-5-3-4-14(17)7-9-18(20)21/h6-10,16H,3-5,11,19H2,1-2H3. The van der Waals surface area contributed by atoms with Crippen LogP contribution < -0.4 is 11.3 Å². The summed E-state index contributed by atoms with van der Waals surface area (Å²) >= 11 is 0. The van der Waals surface area contributed by atoms with E-state index in [2.05, 4.69) is 32.0 Å². The van der Waals surface area contributed by atoms with Crippen LogP contribution in [0.15, 0.2) is 35.1 Å². The average Bonchev–Trinajstić information content (AvgIpc) is 2.90. The normalized spacial score (nSPS) is 15.0. The van der Waals surface area contributed by atoms with Gasteiger partial charge in [-0.3, -0.25) is 4.79 Å². The first-order valence-corrected chi connectivity index (χ1v) is 7.60. The molecule has 110 valence electrons. The number of nitrogens with zero attached hydrogens (tertiary/aromatic N) is 1. The molecule has 1 unspecified atom stereocenters. The van der Waals surface area contributed by atoms with Gasteiger partial charge in [-0.25, -0.2) is 0 Å². The number of hydrogen-bond donors (Lipinski definition) is 1. The summed E-state index contributed by atoms with van der Waals surface area (Å²) in [6.45, 7) is 4.73. The topological polar surface area (TPSA) is 48.0 Å². The van der Waals surface area contributed by atoms with Crippen molar-refractivity contribution in [3.05, 3.63) is 68.6 Å². The highest BCUT2D eigenvalue weighted by molar-refractivity contribution is 5.33. The molecule has 1 aromatic carbocycles. The second kappa shape index (κ2) is 5.49. The minimum absolute atomic E-state index is 0.0656.